The summed E-state index contributed by atoms with van der Waals surface area (Å²) in [5, 5.41) is 3.32. The van der Waals surface area contributed by atoms with E-state index in [0.717, 1.165) is 18.5 Å². The lowest BCUT2D eigenvalue weighted by atomic mass is 9.91. The van der Waals surface area contributed by atoms with Crippen molar-refractivity contribution in [2.75, 3.05) is 0 Å². The third-order valence-electron chi connectivity index (χ3n) is 2.74. The van der Waals surface area contributed by atoms with Gasteiger partial charge in [-0.3, -0.25) is 4.79 Å². The van der Waals surface area contributed by atoms with Gasteiger partial charge in [-0.2, -0.15) is 0 Å². The molecule has 1 aliphatic rings. The van der Waals surface area contributed by atoms with Gasteiger partial charge in [0.1, 0.15) is 5.15 Å². The van der Waals surface area contributed by atoms with Gasteiger partial charge in [-0.25, -0.2) is 4.98 Å². The molecule has 1 fully saturated rings. The predicted molar refractivity (Wildman–Crippen MR) is 68.4 cm³/mol. The molecule has 1 aromatic rings. The first-order chi connectivity index (χ1) is 7.86. The Hall–Kier alpha value is -1.09. The molecule has 0 atom stereocenters. The van der Waals surface area contributed by atoms with Gasteiger partial charge in [0, 0.05) is 22.7 Å². The maximum atomic E-state index is 11.9. The van der Waals surface area contributed by atoms with Crippen LogP contribution in [-0.4, -0.2) is 16.9 Å². The molecule has 17 heavy (non-hydrogen) atoms. The largest absolute Gasteiger partial charge is 0.349 e. The average molecular weight is 253 g/mol. The molecule has 4 heteroatoms. The number of halogens is 1. The highest BCUT2D eigenvalue weighted by Crippen LogP contribution is 2.24. The maximum absolute atomic E-state index is 11.9. The molecule has 0 saturated heterocycles. The van der Waals surface area contributed by atoms with Crippen LogP contribution in [0.5, 0.6) is 0 Å². The number of aromatic nitrogens is 1. The number of nitrogens with one attached hydrogen (secondary N) is 1. The first kappa shape index (κ1) is 12.4. The molecule has 1 heterocycles. The van der Waals surface area contributed by atoms with Crippen LogP contribution in [0.25, 0.3) is 0 Å². The fourth-order valence-electron chi connectivity index (χ4n) is 1.51. The lowest BCUT2D eigenvalue weighted by molar-refractivity contribution is 0.0951. The van der Waals surface area contributed by atoms with Crippen LogP contribution >= 0.6 is 11.6 Å². The number of carbonyl (C=O) groups is 1. The molecule has 1 aliphatic carbocycles. The van der Waals surface area contributed by atoms with Gasteiger partial charge in [0.15, 0.2) is 0 Å². The number of amides is 1. The second-order valence-electron chi connectivity index (χ2n) is 5.56. The minimum absolute atomic E-state index is 0.0534. The average Bonchev–Trinajstić information content (AvgIpc) is 2.99. The highest BCUT2D eigenvalue weighted by Gasteiger charge is 2.25. The first-order valence-corrected chi connectivity index (χ1v) is 6.23. The summed E-state index contributed by atoms with van der Waals surface area (Å²) in [6.45, 7) is 6.15. The molecule has 1 N–H and O–H groups in total. The number of carbonyl (C=O) groups excluding carboxylic acids is 1. The Morgan fingerprint density at radius 2 is 2.06 bits per heavy atom. The molecule has 92 valence electrons. The zero-order valence-electron chi connectivity index (χ0n) is 10.4. The van der Waals surface area contributed by atoms with E-state index in [2.05, 4.69) is 10.3 Å². The summed E-state index contributed by atoms with van der Waals surface area (Å²) in [5.41, 5.74) is 1.33. The van der Waals surface area contributed by atoms with Gasteiger partial charge in [0.2, 0.25) is 0 Å². The fraction of sp³-hybridized carbons (Fsp3) is 0.538. The SMILES string of the molecule is CC(C)(C)c1cc(C(=O)NC2CC2)cc(Cl)n1. The molecule has 1 saturated carbocycles. The van der Waals surface area contributed by atoms with Crippen molar-refractivity contribution in [1.29, 1.82) is 0 Å². The molecule has 0 spiro atoms. The van der Waals surface area contributed by atoms with E-state index in [1.807, 2.05) is 26.8 Å². The molecule has 0 radical (unpaired) electrons. The van der Waals surface area contributed by atoms with E-state index in [4.69, 9.17) is 11.6 Å². The normalized spacial score (nSPS) is 15.8. The summed E-state index contributed by atoms with van der Waals surface area (Å²) >= 11 is 5.96. The molecule has 0 aliphatic heterocycles. The summed E-state index contributed by atoms with van der Waals surface area (Å²) in [4.78, 5) is 16.2. The molecule has 3 nitrogen and oxygen atoms in total. The second kappa shape index (κ2) is 4.30. The first-order valence-electron chi connectivity index (χ1n) is 5.85. The number of hydrogen-bond acceptors (Lipinski definition) is 2. The van der Waals surface area contributed by atoms with Crippen LogP contribution in [0.3, 0.4) is 0 Å². The van der Waals surface area contributed by atoms with Crippen molar-refractivity contribution in [1.82, 2.24) is 10.3 Å². The van der Waals surface area contributed by atoms with Crippen LogP contribution in [0.15, 0.2) is 12.1 Å². The molecule has 2 rings (SSSR count). The van der Waals surface area contributed by atoms with Gasteiger partial charge in [-0.1, -0.05) is 32.4 Å². The van der Waals surface area contributed by atoms with Gasteiger partial charge in [-0.15, -0.1) is 0 Å². The quantitative estimate of drug-likeness (QED) is 0.823. The molecule has 1 aromatic heterocycles. The van der Waals surface area contributed by atoms with Crippen molar-refractivity contribution >= 4 is 17.5 Å². The van der Waals surface area contributed by atoms with Gasteiger partial charge < -0.3 is 5.32 Å². The Kier molecular flexibility index (Phi) is 3.13. The van der Waals surface area contributed by atoms with E-state index in [9.17, 15) is 4.79 Å². The smallest absolute Gasteiger partial charge is 0.251 e. The monoisotopic (exact) mass is 252 g/mol. The molecule has 0 aromatic carbocycles. The van der Waals surface area contributed by atoms with E-state index >= 15 is 0 Å². The van der Waals surface area contributed by atoms with Gasteiger partial charge in [0.25, 0.3) is 5.91 Å². The van der Waals surface area contributed by atoms with Crippen molar-refractivity contribution in [2.24, 2.45) is 0 Å². The van der Waals surface area contributed by atoms with Crippen LogP contribution in [0.1, 0.15) is 49.7 Å². The van der Waals surface area contributed by atoms with Crippen LogP contribution in [0, 0.1) is 0 Å². The van der Waals surface area contributed by atoms with Crippen molar-refractivity contribution in [3.05, 3.63) is 28.5 Å². The lowest BCUT2D eigenvalue weighted by Crippen LogP contribution is -2.26. The molecule has 0 bridgehead atoms. The van der Waals surface area contributed by atoms with E-state index in [-0.39, 0.29) is 11.3 Å². The summed E-state index contributed by atoms with van der Waals surface area (Å²) < 4.78 is 0. The third-order valence-corrected chi connectivity index (χ3v) is 2.93. The maximum Gasteiger partial charge on any atom is 0.251 e. The van der Waals surface area contributed by atoms with Crippen molar-refractivity contribution < 1.29 is 4.79 Å². The molecular weight excluding hydrogens is 236 g/mol. The lowest BCUT2D eigenvalue weighted by Gasteiger charge is -2.18. The Balaban J connectivity index is 2.27. The fourth-order valence-corrected chi connectivity index (χ4v) is 1.72. The topological polar surface area (TPSA) is 42.0 Å². The van der Waals surface area contributed by atoms with Crippen molar-refractivity contribution in [3.63, 3.8) is 0 Å². The van der Waals surface area contributed by atoms with Gasteiger partial charge in [0.05, 0.1) is 0 Å². The van der Waals surface area contributed by atoms with E-state index < -0.39 is 0 Å². The Morgan fingerprint density at radius 3 is 2.59 bits per heavy atom. The highest BCUT2D eigenvalue weighted by atomic mass is 35.5. The summed E-state index contributed by atoms with van der Waals surface area (Å²) in [6, 6.07) is 3.80. The zero-order chi connectivity index (χ0) is 12.6. The van der Waals surface area contributed by atoms with Gasteiger partial charge in [-0.05, 0) is 25.0 Å². The molecule has 0 unspecified atom stereocenters. The number of rotatable bonds is 2. The predicted octanol–water partition coefficient (Wildman–Crippen LogP) is 2.92. The zero-order valence-corrected chi connectivity index (χ0v) is 11.1. The minimum Gasteiger partial charge on any atom is -0.349 e. The summed E-state index contributed by atoms with van der Waals surface area (Å²) in [7, 11) is 0. The number of hydrogen-bond donors (Lipinski definition) is 1. The summed E-state index contributed by atoms with van der Waals surface area (Å²) in [5.74, 6) is -0.0534. The number of pyridine rings is 1. The summed E-state index contributed by atoms with van der Waals surface area (Å²) in [6.07, 6.45) is 2.16. The van der Waals surface area contributed by atoms with E-state index in [1.165, 1.54) is 0 Å². The van der Waals surface area contributed by atoms with Crippen LogP contribution < -0.4 is 5.32 Å². The Morgan fingerprint density at radius 1 is 1.41 bits per heavy atom. The van der Waals surface area contributed by atoms with Crippen LogP contribution in [0.4, 0.5) is 0 Å². The molecule has 1 amide bonds. The van der Waals surface area contributed by atoms with E-state index in [0.29, 0.717) is 16.8 Å². The standard InChI is InChI=1S/C13H17ClN2O/c1-13(2,3)10-6-8(7-11(14)16-10)12(17)15-9-4-5-9/h6-7,9H,4-5H2,1-3H3,(H,15,17). The van der Waals surface area contributed by atoms with Crippen LogP contribution in [0.2, 0.25) is 5.15 Å². The minimum atomic E-state index is -0.112. The van der Waals surface area contributed by atoms with Crippen molar-refractivity contribution in [3.8, 4) is 0 Å². The van der Waals surface area contributed by atoms with E-state index in [1.54, 1.807) is 6.07 Å². The van der Waals surface area contributed by atoms with Gasteiger partial charge >= 0.3 is 0 Å². The Labute approximate surface area is 107 Å². The Bertz CT molecular complexity index is 447. The molecular formula is C13H17ClN2O. The van der Waals surface area contributed by atoms with Crippen molar-refractivity contribution in [2.45, 2.75) is 45.1 Å². The number of nitrogens with zero attached hydrogens (tertiary/aromatic N) is 1. The highest BCUT2D eigenvalue weighted by molar-refractivity contribution is 6.29. The van der Waals surface area contributed by atoms with Crippen LogP contribution in [-0.2, 0) is 5.41 Å². The third kappa shape index (κ3) is 3.19. The second-order valence-corrected chi connectivity index (χ2v) is 5.95.